The number of benzene rings is 1. The minimum Gasteiger partial charge on any atom is -0.497 e. The molecule has 1 fully saturated rings. The number of aryl methyl sites for hydroxylation is 1. The largest absolute Gasteiger partial charge is 0.497 e. The van der Waals surface area contributed by atoms with E-state index >= 15 is 4.39 Å². The van der Waals surface area contributed by atoms with E-state index < -0.39 is 17.5 Å². The number of carbonyl (C=O) groups excluding carboxylic acids is 1. The first-order valence-corrected chi connectivity index (χ1v) is 12.7. The molecule has 1 aliphatic rings. The molecule has 4 rings (SSSR count). The van der Waals surface area contributed by atoms with Crippen LogP contribution in [0.15, 0.2) is 48.9 Å². The van der Waals surface area contributed by atoms with E-state index in [1.807, 2.05) is 17.7 Å². The molecule has 2 N–H and O–H groups in total. The van der Waals surface area contributed by atoms with Crippen LogP contribution >= 0.6 is 11.6 Å². The molecule has 0 aliphatic carbocycles. The Morgan fingerprint density at radius 1 is 1.31 bits per heavy atom. The lowest BCUT2D eigenvalue weighted by Gasteiger charge is -2.40. The summed E-state index contributed by atoms with van der Waals surface area (Å²) in [6, 6.07) is 9.28. The fraction of sp³-hybridized carbons (Fsp3) is 0.444. The fourth-order valence-electron chi connectivity index (χ4n) is 5.13. The number of pyridine rings is 2. The summed E-state index contributed by atoms with van der Waals surface area (Å²) < 4.78 is 21.0. The normalized spacial score (nSPS) is 16.6. The number of aromatic nitrogens is 2. The van der Waals surface area contributed by atoms with Gasteiger partial charge in [-0.25, -0.2) is 9.87 Å². The Bertz CT molecular complexity index is 1170. The van der Waals surface area contributed by atoms with Gasteiger partial charge in [-0.15, -0.1) is 0 Å². The first kappa shape index (κ1) is 26.3. The maximum Gasteiger partial charge on any atom is 0.249 e. The zero-order chi connectivity index (χ0) is 25.5. The summed E-state index contributed by atoms with van der Waals surface area (Å²) in [4.78, 5) is 23.5. The van der Waals surface area contributed by atoms with Gasteiger partial charge >= 0.3 is 0 Å². The van der Waals surface area contributed by atoms with Gasteiger partial charge in [0, 0.05) is 29.5 Å². The van der Waals surface area contributed by atoms with Crippen LogP contribution in [-0.2, 0) is 11.2 Å². The van der Waals surface area contributed by atoms with E-state index in [9.17, 15) is 10.0 Å². The number of rotatable bonds is 10. The highest BCUT2D eigenvalue weighted by Gasteiger charge is 2.41. The van der Waals surface area contributed by atoms with Crippen molar-refractivity contribution in [1.82, 2.24) is 20.3 Å². The molecule has 1 amide bonds. The lowest BCUT2D eigenvalue weighted by Crippen LogP contribution is -2.48. The molecule has 0 radical (unpaired) electrons. The quantitative estimate of drug-likeness (QED) is 0.282. The first-order valence-electron chi connectivity index (χ1n) is 12.3. The van der Waals surface area contributed by atoms with Gasteiger partial charge in [0.05, 0.1) is 23.1 Å². The van der Waals surface area contributed by atoms with E-state index in [-0.39, 0.29) is 11.4 Å². The second-order valence-electron chi connectivity index (χ2n) is 9.44. The molecule has 9 heteroatoms. The van der Waals surface area contributed by atoms with Crippen molar-refractivity contribution in [3.63, 3.8) is 0 Å². The van der Waals surface area contributed by atoms with Crippen LogP contribution in [0.3, 0.4) is 0 Å². The number of likely N-dealkylation sites (tertiary alicyclic amines) is 1. The highest BCUT2D eigenvalue weighted by atomic mass is 35.5. The number of nitrogens with zero attached hydrogens (tertiary/aromatic N) is 3. The Labute approximate surface area is 215 Å². The molecule has 36 heavy (non-hydrogen) atoms. The van der Waals surface area contributed by atoms with Gasteiger partial charge in [0.15, 0.2) is 0 Å². The summed E-state index contributed by atoms with van der Waals surface area (Å²) in [5, 5.41) is 10.3. The van der Waals surface area contributed by atoms with Crippen molar-refractivity contribution in [1.29, 1.82) is 0 Å². The fourth-order valence-corrected chi connectivity index (χ4v) is 5.40. The molecule has 1 aromatic carbocycles. The van der Waals surface area contributed by atoms with Gasteiger partial charge in [0.25, 0.3) is 0 Å². The van der Waals surface area contributed by atoms with Gasteiger partial charge in [-0.1, -0.05) is 17.7 Å². The zero-order valence-electron chi connectivity index (χ0n) is 20.4. The number of ether oxygens (including phenoxy) is 1. The minimum atomic E-state index is -1.39. The topological polar surface area (TPSA) is 87.6 Å². The number of methoxy groups -OCH3 is 1. The Morgan fingerprint density at radius 3 is 2.81 bits per heavy atom. The molecule has 3 heterocycles. The molecule has 2 aromatic heterocycles. The van der Waals surface area contributed by atoms with Crippen LogP contribution in [0, 0.1) is 5.41 Å². The molecule has 7 nitrogen and oxygen atoms in total. The highest BCUT2D eigenvalue weighted by Crippen LogP contribution is 2.42. The van der Waals surface area contributed by atoms with Gasteiger partial charge < -0.3 is 9.64 Å². The van der Waals surface area contributed by atoms with Crippen LogP contribution in [0.2, 0.25) is 5.02 Å². The third-order valence-corrected chi connectivity index (χ3v) is 7.62. The molecule has 1 unspecified atom stereocenters. The van der Waals surface area contributed by atoms with Crippen LogP contribution in [0.25, 0.3) is 10.9 Å². The molecular formula is C27H32ClFN4O3. The van der Waals surface area contributed by atoms with Gasteiger partial charge in [0.2, 0.25) is 5.91 Å². The van der Waals surface area contributed by atoms with Crippen molar-refractivity contribution in [2.45, 2.75) is 44.7 Å². The van der Waals surface area contributed by atoms with Crippen LogP contribution in [0.4, 0.5) is 4.39 Å². The maximum atomic E-state index is 15.7. The standard InChI is InChI=1S/C27H32ClFN4O3/c1-36-20-6-7-24-21(16-20)25(22(28)18-31-24)23(29)8-9-27(26(34)32-35)10-14-33(15-11-27)13-3-5-19-4-2-12-30-17-19/h2,4,6-7,12,16-18,23,35H,3,5,8-11,13-15H2,1H3,(H,32,34). The zero-order valence-corrected chi connectivity index (χ0v) is 21.2. The molecule has 1 aliphatic heterocycles. The Balaban J connectivity index is 1.40. The van der Waals surface area contributed by atoms with Crippen LogP contribution in [-0.4, -0.2) is 52.7 Å². The van der Waals surface area contributed by atoms with E-state index in [1.54, 1.807) is 31.5 Å². The smallest absolute Gasteiger partial charge is 0.249 e. The number of fused-ring (bicyclic) bond motifs is 1. The summed E-state index contributed by atoms with van der Waals surface area (Å²) in [6.07, 6.45) is 7.16. The SMILES string of the molecule is COc1ccc2ncc(Cl)c(C(F)CCC3(C(=O)NO)CCN(CCCc4cccnc4)CC3)c2c1. The average Bonchev–Trinajstić information content (AvgIpc) is 2.92. The monoisotopic (exact) mass is 514 g/mol. The van der Waals surface area contributed by atoms with E-state index in [0.29, 0.717) is 54.6 Å². The number of piperidine rings is 1. The number of alkyl halides is 1. The molecule has 0 bridgehead atoms. The van der Waals surface area contributed by atoms with Crippen molar-refractivity contribution in [2.24, 2.45) is 5.41 Å². The summed E-state index contributed by atoms with van der Waals surface area (Å²) in [5.41, 5.74) is 3.19. The highest BCUT2D eigenvalue weighted by molar-refractivity contribution is 6.32. The van der Waals surface area contributed by atoms with E-state index in [0.717, 1.165) is 19.4 Å². The van der Waals surface area contributed by atoms with E-state index in [4.69, 9.17) is 16.3 Å². The molecule has 3 aromatic rings. The lowest BCUT2D eigenvalue weighted by atomic mass is 9.73. The molecule has 1 atom stereocenters. The summed E-state index contributed by atoms with van der Waals surface area (Å²) >= 11 is 6.38. The number of amides is 1. The lowest BCUT2D eigenvalue weighted by molar-refractivity contribution is -0.143. The second-order valence-corrected chi connectivity index (χ2v) is 9.84. The van der Waals surface area contributed by atoms with Crippen LogP contribution < -0.4 is 10.2 Å². The third-order valence-electron chi connectivity index (χ3n) is 7.32. The summed E-state index contributed by atoms with van der Waals surface area (Å²) in [6.45, 7) is 2.35. The average molecular weight is 515 g/mol. The predicted octanol–water partition coefficient (Wildman–Crippen LogP) is 5.30. The van der Waals surface area contributed by atoms with Gasteiger partial charge in [-0.05, 0) is 88.0 Å². The van der Waals surface area contributed by atoms with Crippen molar-refractivity contribution < 1.29 is 19.1 Å². The molecule has 1 saturated heterocycles. The van der Waals surface area contributed by atoms with Gasteiger partial charge in [-0.2, -0.15) is 0 Å². The molecular weight excluding hydrogens is 483 g/mol. The predicted molar refractivity (Wildman–Crippen MR) is 137 cm³/mol. The number of hydrogen-bond acceptors (Lipinski definition) is 6. The number of nitrogens with one attached hydrogen (secondary N) is 1. The van der Waals surface area contributed by atoms with Crippen LogP contribution in [0.5, 0.6) is 5.75 Å². The van der Waals surface area contributed by atoms with Crippen molar-refractivity contribution in [2.75, 3.05) is 26.7 Å². The van der Waals surface area contributed by atoms with Gasteiger partial charge in [-0.3, -0.25) is 20.0 Å². The number of hydroxylamine groups is 1. The molecule has 192 valence electrons. The van der Waals surface area contributed by atoms with E-state index in [2.05, 4.69) is 20.9 Å². The molecule has 0 saturated carbocycles. The summed E-state index contributed by atoms with van der Waals surface area (Å²) in [7, 11) is 1.55. The minimum absolute atomic E-state index is 0.102. The van der Waals surface area contributed by atoms with Crippen molar-refractivity contribution in [3.8, 4) is 5.75 Å². The Hall–Kier alpha value is -2.81. The summed E-state index contributed by atoms with van der Waals surface area (Å²) in [5.74, 6) is 0.143. The Kier molecular flexibility index (Phi) is 8.72. The van der Waals surface area contributed by atoms with E-state index in [1.165, 1.54) is 11.8 Å². The van der Waals surface area contributed by atoms with Crippen molar-refractivity contribution in [3.05, 3.63) is 65.1 Å². The number of carbonyl (C=O) groups is 1. The molecule has 0 spiro atoms. The first-order chi connectivity index (χ1) is 17.5. The maximum absolute atomic E-state index is 15.7. The van der Waals surface area contributed by atoms with Crippen LogP contribution in [0.1, 0.15) is 49.4 Å². The number of halogens is 2. The Morgan fingerprint density at radius 2 is 2.11 bits per heavy atom. The number of hydrogen-bond donors (Lipinski definition) is 2. The van der Waals surface area contributed by atoms with Crippen molar-refractivity contribution >= 4 is 28.4 Å². The second kappa shape index (κ2) is 12.0. The third kappa shape index (κ3) is 5.94. The van der Waals surface area contributed by atoms with Gasteiger partial charge in [0.1, 0.15) is 11.9 Å².